The number of amides is 1. The van der Waals surface area contributed by atoms with Gasteiger partial charge in [0.15, 0.2) is 5.16 Å². The van der Waals surface area contributed by atoms with Crippen molar-refractivity contribution in [3.05, 3.63) is 52.4 Å². The molecule has 0 aliphatic heterocycles. The molecule has 0 saturated carbocycles. The van der Waals surface area contributed by atoms with Crippen LogP contribution in [0.5, 0.6) is 0 Å². The highest BCUT2D eigenvalue weighted by Crippen LogP contribution is 2.10. The number of carbonyl (C=O) groups excluding carboxylic acids is 1. The Morgan fingerprint density at radius 2 is 2.10 bits per heavy atom. The first kappa shape index (κ1) is 14.1. The van der Waals surface area contributed by atoms with Crippen molar-refractivity contribution in [2.24, 2.45) is 0 Å². The Bertz CT molecular complexity index is 642. The van der Waals surface area contributed by atoms with E-state index in [0.29, 0.717) is 10.9 Å². The number of aromatic nitrogens is 2. The average Bonchev–Trinajstić information content (AvgIpc) is 2.43. The number of hydrogen-bond acceptors (Lipinski definition) is 5. The van der Waals surface area contributed by atoms with E-state index in [2.05, 4.69) is 20.8 Å². The van der Waals surface area contributed by atoms with Crippen LogP contribution in [0.25, 0.3) is 0 Å². The van der Waals surface area contributed by atoms with Crippen LogP contribution >= 0.6 is 11.8 Å². The summed E-state index contributed by atoms with van der Waals surface area (Å²) in [6.07, 6.45) is 0. The molecule has 0 aliphatic rings. The van der Waals surface area contributed by atoms with Crippen LogP contribution in [0.2, 0.25) is 0 Å². The van der Waals surface area contributed by atoms with Crippen LogP contribution in [-0.4, -0.2) is 21.6 Å². The predicted molar refractivity (Wildman–Crippen MR) is 78.5 cm³/mol. The second-order valence-electron chi connectivity index (χ2n) is 4.02. The van der Waals surface area contributed by atoms with Gasteiger partial charge in [-0.05, 0) is 19.1 Å². The average molecular weight is 290 g/mol. The van der Waals surface area contributed by atoms with E-state index < -0.39 is 0 Å². The van der Waals surface area contributed by atoms with Crippen molar-refractivity contribution in [2.45, 2.75) is 12.1 Å². The fourth-order valence-corrected chi connectivity index (χ4v) is 2.17. The lowest BCUT2D eigenvalue weighted by molar-refractivity contribution is -0.118. The van der Waals surface area contributed by atoms with E-state index in [1.807, 2.05) is 30.3 Å². The highest BCUT2D eigenvalue weighted by Gasteiger charge is 2.05. The lowest BCUT2D eigenvalue weighted by Gasteiger charge is -2.07. The number of nitrogens with one attached hydrogen (secondary N) is 3. The lowest BCUT2D eigenvalue weighted by Crippen LogP contribution is -2.30. The Morgan fingerprint density at radius 1 is 1.35 bits per heavy atom. The van der Waals surface area contributed by atoms with Gasteiger partial charge in [0.05, 0.1) is 11.4 Å². The zero-order valence-electron chi connectivity index (χ0n) is 10.8. The van der Waals surface area contributed by atoms with Crippen molar-refractivity contribution >= 4 is 23.4 Å². The molecular formula is C13H14N4O2S. The number of aryl methyl sites for hydroxylation is 1. The zero-order valence-corrected chi connectivity index (χ0v) is 11.7. The number of H-pyrrole nitrogens is 1. The van der Waals surface area contributed by atoms with Crippen molar-refractivity contribution in [1.29, 1.82) is 0 Å². The number of benzene rings is 1. The topological polar surface area (TPSA) is 86.9 Å². The van der Waals surface area contributed by atoms with E-state index in [-0.39, 0.29) is 17.2 Å². The van der Waals surface area contributed by atoms with E-state index >= 15 is 0 Å². The van der Waals surface area contributed by atoms with Crippen LogP contribution < -0.4 is 16.4 Å². The Balaban J connectivity index is 1.82. The van der Waals surface area contributed by atoms with Gasteiger partial charge in [-0.25, -0.2) is 4.98 Å². The Morgan fingerprint density at radius 3 is 2.80 bits per heavy atom. The number of aromatic amines is 1. The van der Waals surface area contributed by atoms with E-state index in [1.54, 1.807) is 6.92 Å². The molecule has 7 heteroatoms. The summed E-state index contributed by atoms with van der Waals surface area (Å²) in [4.78, 5) is 29.6. The van der Waals surface area contributed by atoms with Crippen LogP contribution in [0.3, 0.4) is 0 Å². The number of hydrogen-bond donors (Lipinski definition) is 3. The van der Waals surface area contributed by atoms with Gasteiger partial charge >= 0.3 is 0 Å². The molecule has 0 atom stereocenters. The molecule has 0 radical (unpaired) electrons. The van der Waals surface area contributed by atoms with E-state index in [1.165, 1.54) is 17.8 Å². The first-order chi connectivity index (χ1) is 9.63. The molecule has 0 unspecified atom stereocenters. The second kappa shape index (κ2) is 6.76. The van der Waals surface area contributed by atoms with Gasteiger partial charge in [0.1, 0.15) is 0 Å². The van der Waals surface area contributed by atoms with Crippen LogP contribution in [0.15, 0.2) is 46.3 Å². The highest BCUT2D eigenvalue weighted by molar-refractivity contribution is 7.99. The molecule has 1 amide bonds. The number of thioether (sulfide) groups is 1. The summed E-state index contributed by atoms with van der Waals surface area (Å²) in [5, 5.41) is 0.435. The van der Waals surface area contributed by atoms with E-state index in [0.717, 1.165) is 5.69 Å². The molecule has 6 nitrogen and oxygen atoms in total. The quantitative estimate of drug-likeness (QED) is 0.439. The van der Waals surface area contributed by atoms with Gasteiger partial charge in [0.2, 0.25) is 5.91 Å². The minimum Gasteiger partial charge on any atom is -0.301 e. The molecule has 0 aliphatic carbocycles. The first-order valence-corrected chi connectivity index (χ1v) is 6.93. The van der Waals surface area contributed by atoms with E-state index in [4.69, 9.17) is 0 Å². The summed E-state index contributed by atoms with van der Waals surface area (Å²) in [7, 11) is 0. The number of carbonyl (C=O) groups is 1. The first-order valence-electron chi connectivity index (χ1n) is 5.94. The molecule has 0 fully saturated rings. The molecule has 2 aromatic rings. The third-order valence-electron chi connectivity index (χ3n) is 2.31. The molecule has 0 bridgehead atoms. The van der Waals surface area contributed by atoms with Gasteiger partial charge in [-0.1, -0.05) is 30.0 Å². The third kappa shape index (κ3) is 4.43. The van der Waals surface area contributed by atoms with Gasteiger partial charge in [0.25, 0.3) is 5.56 Å². The second-order valence-corrected chi connectivity index (χ2v) is 4.98. The number of anilines is 1. The number of nitrogens with zero attached hydrogens (tertiary/aromatic N) is 1. The Hall–Kier alpha value is -2.28. The molecule has 0 spiro atoms. The van der Waals surface area contributed by atoms with Crippen molar-refractivity contribution in [3.63, 3.8) is 0 Å². The molecule has 0 saturated heterocycles. The van der Waals surface area contributed by atoms with Crippen molar-refractivity contribution < 1.29 is 4.79 Å². The molecule has 1 heterocycles. The number of rotatable bonds is 5. The summed E-state index contributed by atoms with van der Waals surface area (Å²) in [6.45, 7) is 1.73. The smallest absolute Gasteiger partial charge is 0.251 e. The maximum absolute atomic E-state index is 11.6. The van der Waals surface area contributed by atoms with E-state index in [9.17, 15) is 9.59 Å². The fourth-order valence-electron chi connectivity index (χ4n) is 1.45. The normalized spacial score (nSPS) is 10.1. The summed E-state index contributed by atoms with van der Waals surface area (Å²) in [6, 6.07) is 10.7. The molecule has 3 N–H and O–H groups in total. The lowest BCUT2D eigenvalue weighted by atomic mass is 10.3. The maximum Gasteiger partial charge on any atom is 0.251 e. The molecule has 1 aromatic carbocycles. The van der Waals surface area contributed by atoms with Crippen LogP contribution in [0.4, 0.5) is 5.69 Å². The van der Waals surface area contributed by atoms with Gasteiger partial charge in [0, 0.05) is 11.8 Å². The minimum absolute atomic E-state index is 0.159. The van der Waals surface area contributed by atoms with Gasteiger partial charge in [-0.3, -0.25) is 20.4 Å². The zero-order chi connectivity index (χ0) is 14.4. The van der Waals surface area contributed by atoms with Crippen molar-refractivity contribution in [3.8, 4) is 0 Å². The maximum atomic E-state index is 11.6. The Kier molecular flexibility index (Phi) is 4.78. The monoisotopic (exact) mass is 290 g/mol. The highest BCUT2D eigenvalue weighted by atomic mass is 32.2. The summed E-state index contributed by atoms with van der Waals surface area (Å²) in [5.41, 5.74) is 6.57. The molecule has 20 heavy (non-hydrogen) atoms. The molecule has 2 rings (SSSR count). The Labute approximate surface area is 120 Å². The molecule has 104 valence electrons. The van der Waals surface area contributed by atoms with Gasteiger partial charge < -0.3 is 4.98 Å². The molecule has 1 aromatic heterocycles. The van der Waals surface area contributed by atoms with Gasteiger partial charge in [-0.15, -0.1) is 0 Å². The third-order valence-corrected chi connectivity index (χ3v) is 3.18. The fraction of sp³-hybridized carbons (Fsp3) is 0.154. The van der Waals surface area contributed by atoms with Crippen molar-refractivity contribution in [1.82, 2.24) is 15.4 Å². The van der Waals surface area contributed by atoms with Crippen LogP contribution in [0.1, 0.15) is 5.69 Å². The predicted octanol–water partition coefficient (Wildman–Crippen LogP) is 1.31. The summed E-state index contributed by atoms with van der Waals surface area (Å²) >= 11 is 1.17. The van der Waals surface area contributed by atoms with Gasteiger partial charge in [-0.2, -0.15) is 0 Å². The molecular weight excluding hydrogens is 276 g/mol. The minimum atomic E-state index is -0.220. The number of hydrazine groups is 1. The summed E-state index contributed by atoms with van der Waals surface area (Å²) in [5.74, 6) is -0.0466. The van der Waals surface area contributed by atoms with Crippen LogP contribution in [-0.2, 0) is 4.79 Å². The standard InChI is InChI=1S/C13H14N4O2S/c1-9-7-11(18)15-13(14-9)20-8-12(19)17-16-10-5-3-2-4-6-10/h2-7,16H,8H2,1H3,(H,17,19)(H,14,15,18). The van der Waals surface area contributed by atoms with Crippen LogP contribution in [0, 0.1) is 6.92 Å². The summed E-state index contributed by atoms with van der Waals surface area (Å²) < 4.78 is 0. The SMILES string of the molecule is Cc1cc(=O)[nH]c(SCC(=O)NNc2ccccc2)n1. The largest absolute Gasteiger partial charge is 0.301 e. The van der Waals surface area contributed by atoms with Crippen molar-refractivity contribution in [2.75, 3.05) is 11.2 Å². The number of para-hydroxylation sites is 1.